The van der Waals surface area contributed by atoms with Gasteiger partial charge in [0, 0.05) is 17.5 Å². The maximum atomic E-state index is 11.8. The molecule has 0 aromatic heterocycles. The molecule has 1 fully saturated rings. The average Bonchev–Trinajstić information content (AvgIpc) is 2.38. The Bertz CT molecular complexity index is 403. The molecule has 2 rings (SSSR count). The third-order valence-electron chi connectivity index (χ3n) is 3.12. The summed E-state index contributed by atoms with van der Waals surface area (Å²) in [5.41, 5.74) is 7.38. The second-order valence-corrected chi connectivity index (χ2v) is 6.12. The Morgan fingerprint density at radius 1 is 1.44 bits per heavy atom. The number of hydrogen-bond donors (Lipinski definition) is 2. The molecule has 0 saturated carbocycles. The fourth-order valence-electron chi connectivity index (χ4n) is 2.15. The molecule has 0 aliphatic carbocycles. The summed E-state index contributed by atoms with van der Waals surface area (Å²) in [5, 5.41) is 3.62. The van der Waals surface area contributed by atoms with Crippen LogP contribution in [0.15, 0.2) is 24.3 Å². The molecule has 1 amide bonds. The zero-order valence-electron chi connectivity index (χ0n) is 10.5. The minimum Gasteiger partial charge on any atom is -0.399 e. The van der Waals surface area contributed by atoms with Gasteiger partial charge in [0.25, 0.3) is 0 Å². The fourth-order valence-corrected chi connectivity index (χ4v) is 3.39. The van der Waals surface area contributed by atoms with Crippen LogP contribution in [0.3, 0.4) is 0 Å². The number of nitrogen functional groups attached to an aromatic ring is 1. The van der Waals surface area contributed by atoms with Gasteiger partial charge in [-0.2, -0.15) is 11.8 Å². The Hall–Kier alpha value is -1.16. The smallest absolute Gasteiger partial charge is 0.224 e. The minimum atomic E-state index is 0.0896. The largest absolute Gasteiger partial charge is 0.399 e. The first-order valence-corrected chi connectivity index (χ1v) is 7.51. The van der Waals surface area contributed by atoms with Crippen molar-refractivity contribution >= 4 is 23.4 Å². The first-order valence-electron chi connectivity index (χ1n) is 6.47. The van der Waals surface area contributed by atoms with Gasteiger partial charge in [0.15, 0.2) is 0 Å². The Labute approximate surface area is 113 Å². The number of anilines is 1. The number of thioether (sulfide) groups is 1. The van der Waals surface area contributed by atoms with Crippen molar-refractivity contribution in [2.75, 3.05) is 18.0 Å². The van der Waals surface area contributed by atoms with Crippen molar-refractivity contribution < 1.29 is 4.79 Å². The molecule has 1 unspecified atom stereocenters. The maximum Gasteiger partial charge on any atom is 0.224 e. The van der Waals surface area contributed by atoms with Crippen LogP contribution >= 0.6 is 11.8 Å². The number of nitrogens with one attached hydrogen (secondary N) is 1. The van der Waals surface area contributed by atoms with Crippen molar-refractivity contribution in [2.24, 2.45) is 0 Å². The summed E-state index contributed by atoms with van der Waals surface area (Å²) in [6.45, 7) is 0.797. The van der Waals surface area contributed by atoms with Crippen molar-refractivity contribution in [3.63, 3.8) is 0 Å². The average molecular weight is 264 g/mol. The Morgan fingerprint density at radius 3 is 3.06 bits per heavy atom. The van der Waals surface area contributed by atoms with E-state index in [1.807, 2.05) is 36.0 Å². The van der Waals surface area contributed by atoms with E-state index >= 15 is 0 Å². The number of carbonyl (C=O) groups is 1. The molecule has 98 valence electrons. The van der Waals surface area contributed by atoms with Gasteiger partial charge in [-0.3, -0.25) is 4.79 Å². The Morgan fingerprint density at radius 2 is 2.33 bits per heavy atom. The highest BCUT2D eigenvalue weighted by Crippen LogP contribution is 2.24. The van der Waals surface area contributed by atoms with Crippen LogP contribution in [0.2, 0.25) is 0 Å². The van der Waals surface area contributed by atoms with Crippen LogP contribution in [-0.4, -0.2) is 23.5 Å². The molecular formula is C14H20N2OS. The molecule has 1 atom stereocenters. The van der Waals surface area contributed by atoms with E-state index in [0.717, 1.165) is 12.1 Å². The number of hydrogen-bond acceptors (Lipinski definition) is 3. The predicted octanol–water partition coefficient (Wildman–Crippen LogP) is 2.21. The minimum absolute atomic E-state index is 0.0896. The number of benzene rings is 1. The van der Waals surface area contributed by atoms with Gasteiger partial charge in [-0.05, 0) is 36.3 Å². The van der Waals surface area contributed by atoms with E-state index in [4.69, 9.17) is 5.73 Å². The van der Waals surface area contributed by atoms with E-state index < -0.39 is 0 Å². The molecule has 1 aromatic rings. The third kappa shape index (κ3) is 4.26. The fraction of sp³-hybridized carbons (Fsp3) is 0.500. The number of amides is 1. The predicted molar refractivity (Wildman–Crippen MR) is 77.7 cm³/mol. The lowest BCUT2D eigenvalue weighted by Crippen LogP contribution is -2.32. The Balaban J connectivity index is 1.74. The van der Waals surface area contributed by atoms with E-state index in [1.54, 1.807) is 0 Å². The van der Waals surface area contributed by atoms with Gasteiger partial charge >= 0.3 is 0 Å². The van der Waals surface area contributed by atoms with E-state index in [-0.39, 0.29) is 5.91 Å². The summed E-state index contributed by atoms with van der Waals surface area (Å²) in [4.78, 5) is 11.8. The second-order valence-electron chi connectivity index (χ2n) is 4.71. The van der Waals surface area contributed by atoms with Crippen LogP contribution < -0.4 is 11.1 Å². The quantitative estimate of drug-likeness (QED) is 0.820. The highest BCUT2D eigenvalue weighted by Gasteiger charge is 2.14. The van der Waals surface area contributed by atoms with Crippen LogP contribution in [0.25, 0.3) is 0 Å². The topological polar surface area (TPSA) is 55.1 Å². The normalized spacial score (nSPS) is 19.4. The zero-order valence-corrected chi connectivity index (χ0v) is 11.3. The molecule has 3 nitrogen and oxygen atoms in total. The molecule has 1 saturated heterocycles. The molecule has 0 spiro atoms. The standard InChI is InChI=1S/C14H20N2OS/c15-12-5-3-4-11(8-12)9-14(17)16-10-13-6-1-2-7-18-13/h3-5,8,13H,1-2,6-7,9-10,15H2,(H,16,17). The molecule has 1 heterocycles. The van der Waals surface area contributed by atoms with Crippen molar-refractivity contribution in [1.29, 1.82) is 0 Å². The number of rotatable bonds is 4. The molecule has 1 aliphatic rings. The maximum absolute atomic E-state index is 11.8. The summed E-state index contributed by atoms with van der Waals surface area (Å²) < 4.78 is 0. The summed E-state index contributed by atoms with van der Waals surface area (Å²) >= 11 is 1.98. The number of carbonyl (C=O) groups excluding carboxylic acids is 1. The van der Waals surface area contributed by atoms with E-state index in [1.165, 1.54) is 25.0 Å². The van der Waals surface area contributed by atoms with Crippen molar-refractivity contribution in [3.05, 3.63) is 29.8 Å². The van der Waals surface area contributed by atoms with Crippen LogP contribution in [-0.2, 0) is 11.2 Å². The summed E-state index contributed by atoms with van der Waals surface area (Å²) in [5.74, 6) is 1.32. The molecule has 1 aromatic carbocycles. The zero-order chi connectivity index (χ0) is 12.8. The third-order valence-corrected chi connectivity index (χ3v) is 4.51. The van der Waals surface area contributed by atoms with Gasteiger partial charge in [0.2, 0.25) is 5.91 Å². The lowest BCUT2D eigenvalue weighted by molar-refractivity contribution is -0.120. The summed E-state index contributed by atoms with van der Waals surface area (Å²) in [6, 6.07) is 7.51. The number of nitrogens with two attached hydrogens (primary N) is 1. The second kappa shape index (κ2) is 6.69. The summed E-state index contributed by atoms with van der Waals surface area (Å²) in [6.07, 6.45) is 4.26. The van der Waals surface area contributed by atoms with E-state index in [0.29, 0.717) is 17.4 Å². The lowest BCUT2D eigenvalue weighted by atomic mass is 10.1. The molecule has 18 heavy (non-hydrogen) atoms. The van der Waals surface area contributed by atoms with Gasteiger partial charge in [-0.15, -0.1) is 0 Å². The first kappa shape index (κ1) is 13.3. The molecule has 0 bridgehead atoms. The van der Waals surface area contributed by atoms with Crippen LogP contribution in [0.1, 0.15) is 24.8 Å². The highest BCUT2D eigenvalue weighted by atomic mass is 32.2. The van der Waals surface area contributed by atoms with Crippen LogP contribution in [0, 0.1) is 0 Å². The van der Waals surface area contributed by atoms with Crippen molar-refractivity contribution in [1.82, 2.24) is 5.32 Å². The van der Waals surface area contributed by atoms with Gasteiger partial charge < -0.3 is 11.1 Å². The van der Waals surface area contributed by atoms with Gasteiger partial charge in [0.05, 0.1) is 6.42 Å². The van der Waals surface area contributed by atoms with Gasteiger partial charge in [0.1, 0.15) is 0 Å². The molecular weight excluding hydrogens is 244 g/mol. The Kier molecular flexibility index (Phi) is 4.93. The van der Waals surface area contributed by atoms with Gasteiger partial charge in [-0.1, -0.05) is 18.6 Å². The molecule has 1 aliphatic heterocycles. The molecule has 0 radical (unpaired) electrons. The van der Waals surface area contributed by atoms with Crippen LogP contribution in [0.4, 0.5) is 5.69 Å². The van der Waals surface area contributed by atoms with Gasteiger partial charge in [-0.25, -0.2) is 0 Å². The van der Waals surface area contributed by atoms with Crippen molar-refractivity contribution in [2.45, 2.75) is 30.9 Å². The molecule has 3 N–H and O–H groups in total. The summed E-state index contributed by atoms with van der Waals surface area (Å²) in [7, 11) is 0. The SMILES string of the molecule is Nc1cccc(CC(=O)NCC2CCCCS2)c1. The van der Waals surface area contributed by atoms with E-state index in [9.17, 15) is 4.79 Å². The van der Waals surface area contributed by atoms with E-state index in [2.05, 4.69) is 5.32 Å². The lowest BCUT2D eigenvalue weighted by Gasteiger charge is -2.21. The van der Waals surface area contributed by atoms with Crippen molar-refractivity contribution in [3.8, 4) is 0 Å². The van der Waals surface area contributed by atoms with Crippen LogP contribution in [0.5, 0.6) is 0 Å². The highest BCUT2D eigenvalue weighted by molar-refractivity contribution is 7.99. The molecule has 4 heteroatoms. The first-order chi connectivity index (χ1) is 8.74. The monoisotopic (exact) mass is 264 g/mol.